The van der Waals surface area contributed by atoms with E-state index in [-0.39, 0.29) is 11.3 Å². The summed E-state index contributed by atoms with van der Waals surface area (Å²) in [5.74, 6) is 0.530. The predicted octanol–water partition coefficient (Wildman–Crippen LogP) is 1.32. The number of carbonyl (C=O) groups excluding carboxylic acids is 1. The zero-order valence-electron chi connectivity index (χ0n) is 7.61. The van der Waals surface area contributed by atoms with Crippen LogP contribution in [0.2, 0.25) is 0 Å². The second-order valence-corrected chi connectivity index (χ2v) is 2.09. The van der Waals surface area contributed by atoms with E-state index >= 15 is 0 Å². The van der Waals surface area contributed by atoms with Gasteiger partial charge in [0.1, 0.15) is 11.5 Å². The number of allylic oxidation sites excluding steroid dienone is 2. The molecule has 0 bridgehead atoms. The second-order valence-electron chi connectivity index (χ2n) is 2.09. The third-order valence-electron chi connectivity index (χ3n) is 1.32. The molecule has 0 unspecified atom stereocenters. The number of aliphatic hydroxyl groups is 1. The van der Waals surface area contributed by atoms with Crippen LogP contribution in [-0.4, -0.2) is 25.6 Å². The van der Waals surface area contributed by atoms with Crippen LogP contribution in [0.15, 0.2) is 36.0 Å². The van der Waals surface area contributed by atoms with Gasteiger partial charge in [-0.3, -0.25) is 4.79 Å². The van der Waals surface area contributed by atoms with Gasteiger partial charge >= 0.3 is 0 Å². The summed E-state index contributed by atoms with van der Waals surface area (Å²) in [5.41, 5.74) is 0.0284. The molecule has 0 radical (unpaired) electrons. The molecule has 0 saturated heterocycles. The summed E-state index contributed by atoms with van der Waals surface area (Å²) in [7, 11) is 2.82. The Kier molecular flexibility index (Phi) is 5.11. The molecule has 0 aliphatic carbocycles. The van der Waals surface area contributed by atoms with E-state index in [0.717, 1.165) is 0 Å². The summed E-state index contributed by atoms with van der Waals surface area (Å²) in [6.07, 6.45) is 2.53. The van der Waals surface area contributed by atoms with Crippen LogP contribution in [0.25, 0.3) is 0 Å². The van der Waals surface area contributed by atoms with Gasteiger partial charge in [0.25, 0.3) is 0 Å². The minimum Gasteiger partial charge on any atom is -0.515 e. The highest BCUT2D eigenvalue weighted by atomic mass is 16.5. The van der Waals surface area contributed by atoms with Gasteiger partial charge in [-0.2, -0.15) is 0 Å². The summed E-state index contributed by atoms with van der Waals surface area (Å²) in [4.78, 5) is 10.4. The van der Waals surface area contributed by atoms with Crippen molar-refractivity contribution in [1.29, 1.82) is 0 Å². The first kappa shape index (κ1) is 11.3. The van der Waals surface area contributed by atoms with Gasteiger partial charge in [-0.05, 0) is 0 Å². The summed E-state index contributed by atoms with van der Waals surface area (Å²) >= 11 is 0. The van der Waals surface area contributed by atoms with Crippen LogP contribution in [0.1, 0.15) is 0 Å². The van der Waals surface area contributed by atoms with E-state index in [1.807, 2.05) is 0 Å². The highest BCUT2D eigenvalue weighted by Crippen LogP contribution is 2.10. The van der Waals surface area contributed by atoms with Gasteiger partial charge in [-0.25, -0.2) is 0 Å². The predicted molar refractivity (Wildman–Crippen MR) is 48.0 cm³/mol. The molecule has 13 heavy (non-hydrogen) atoms. The fourth-order valence-electron chi connectivity index (χ4n) is 0.617. The van der Waals surface area contributed by atoms with Crippen LogP contribution in [0, 0.1) is 0 Å². The molecule has 0 spiro atoms. The first-order chi connectivity index (χ1) is 6.19. The number of aldehydes is 1. The molecule has 4 nitrogen and oxygen atoms in total. The highest BCUT2D eigenvalue weighted by Gasteiger charge is 2.04. The molecule has 1 N–H and O–H groups in total. The zero-order chi connectivity index (χ0) is 10.3. The number of hydrogen-bond donors (Lipinski definition) is 1. The molecule has 0 atom stereocenters. The van der Waals surface area contributed by atoms with Crippen LogP contribution in [0.5, 0.6) is 0 Å². The van der Waals surface area contributed by atoms with E-state index in [4.69, 9.17) is 14.6 Å². The average Bonchev–Trinajstić information content (AvgIpc) is 2.17. The molecule has 0 amide bonds. The van der Waals surface area contributed by atoms with Crippen molar-refractivity contribution in [2.75, 3.05) is 14.2 Å². The molecule has 0 saturated carbocycles. The number of methoxy groups -OCH3 is 2. The number of hydrogen-bond acceptors (Lipinski definition) is 4. The fourth-order valence-corrected chi connectivity index (χ4v) is 0.617. The number of carbonyl (C=O) groups is 1. The van der Waals surface area contributed by atoms with E-state index in [2.05, 4.69) is 6.58 Å². The zero-order valence-corrected chi connectivity index (χ0v) is 7.61. The summed E-state index contributed by atoms with van der Waals surface area (Å²) in [5, 5.41) is 8.63. The maximum atomic E-state index is 10.4. The SMILES string of the molecule is C=C(/C=C(OC)\C(C=O)=C\O)OC. The molecule has 0 aliphatic heterocycles. The Morgan fingerprint density at radius 1 is 1.38 bits per heavy atom. The Labute approximate surface area is 76.8 Å². The lowest BCUT2D eigenvalue weighted by Gasteiger charge is -2.05. The molecule has 0 heterocycles. The van der Waals surface area contributed by atoms with Crippen LogP contribution >= 0.6 is 0 Å². The summed E-state index contributed by atoms with van der Waals surface area (Å²) in [6.45, 7) is 3.51. The summed E-state index contributed by atoms with van der Waals surface area (Å²) in [6, 6.07) is 0. The van der Waals surface area contributed by atoms with Gasteiger partial charge in [-0.1, -0.05) is 6.58 Å². The molecule has 0 aromatic rings. The average molecular weight is 184 g/mol. The van der Waals surface area contributed by atoms with E-state index in [0.29, 0.717) is 18.3 Å². The largest absolute Gasteiger partial charge is 0.515 e. The highest BCUT2D eigenvalue weighted by molar-refractivity contribution is 5.78. The lowest BCUT2D eigenvalue weighted by atomic mass is 10.2. The lowest BCUT2D eigenvalue weighted by Crippen LogP contribution is -1.95. The lowest BCUT2D eigenvalue weighted by molar-refractivity contribution is -0.105. The van der Waals surface area contributed by atoms with E-state index in [1.54, 1.807) is 0 Å². The first-order valence-electron chi connectivity index (χ1n) is 3.48. The van der Waals surface area contributed by atoms with Crippen molar-refractivity contribution in [3.63, 3.8) is 0 Å². The van der Waals surface area contributed by atoms with Gasteiger partial charge in [0.05, 0.1) is 26.1 Å². The number of ether oxygens (including phenoxy) is 2. The molecule has 72 valence electrons. The minimum absolute atomic E-state index is 0.0284. The van der Waals surface area contributed by atoms with Crippen molar-refractivity contribution in [1.82, 2.24) is 0 Å². The third kappa shape index (κ3) is 3.46. The monoisotopic (exact) mass is 184 g/mol. The van der Waals surface area contributed by atoms with Crippen molar-refractivity contribution in [3.05, 3.63) is 36.0 Å². The number of aliphatic hydroxyl groups excluding tert-OH is 1. The summed E-state index contributed by atoms with van der Waals surface area (Å²) < 4.78 is 9.57. The van der Waals surface area contributed by atoms with Crippen molar-refractivity contribution in [2.45, 2.75) is 0 Å². The molecule has 0 aromatic heterocycles. The molecular weight excluding hydrogens is 172 g/mol. The minimum atomic E-state index is 0.0284. The molecule has 0 fully saturated rings. The smallest absolute Gasteiger partial charge is 0.156 e. The topological polar surface area (TPSA) is 55.8 Å². The van der Waals surface area contributed by atoms with Crippen molar-refractivity contribution in [3.8, 4) is 0 Å². The van der Waals surface area contributed by atoms with Crippen LogP contribution in [-0.2, 0) is 14.3 Å². The maximum absolute atomic E-state index is 10.4. The third-order valence-corrected chi connectivity index (χ3v) is 1.32. The van der Waals surface area contributed by atoms with Crippen molar-refractivity contribution in [2.24, 2.45) is 0 Å². The Morgan fingerprint density at radius 3 is 2.31 bits per heavy atom. The van der Waals surface area contributed by atoms with Crippen molar-refractivity contribution >= 4 is 6.29 Å². The Balaban J connectivity index is 4.77. The van der Waals surface area contributed by atoms with E-state index < -0.39 is 0 Å². The van der Waals surface area contributed by atoms with Gasteiger partial charge in [-0.15, -0.1) is 0 Å². The van der Waals surface area contributed by atoms with Crippen molar-refractivity contribution < 1.29 is 19.4 Å². The number of rotatable bonds is 5. The molecule has 0 rings (SSSR count). The van der Waals surface area contributed by atoms with Gasteiger partial charge in [0.2, 0.25) is 0 Å². The quantitative estimate of drug-likeness (QED) is 0.303. The van der Waals surface area contributed by atoms with E-state index in [1.165, 1.54) is 20.3 Å². The molecular formula is C9H12O4. The Morgan fingerprint density at radius 2 is 2.00 bits per heavy atom. The van der Waals surface area contributed by atoms with Crippen LogP contribution < -0.4 is 0 Å². The van der Waals surface area contributed by atoms with Gasteiger partial charge in [0, 0.05) is 6.08 Å². The standard InChI is InChI=1S/C9H12O4/c1-7(12-2)4-9(13-3)8(5-10)6-11/h4-6,10H,1H2,2-3H3/b8-5+,9-4+. The molecule has 0 aromatic carbocycles. The van der Waals surface area contributed by atoms with Gasteiger partial charge < -0.3 is 14.6 Å². The maximum Gasteiger partial charge on any atom is 0.156 e. The second kappa shape index (κ2) is 5.88. The molecule has 0 aliphatic rings. The van der Waals surface area contributed by atoms with Crippen LogP contribution in [0.3, 0.4) is 0 Å². The van der Waals surface area contributed by atoms with E-state index in [9.17, 15) is 4.79 Å². The van der Waals surface area contributed by atoms with Gasteiger partial charge in [0.15, 0.2) is 6.29 Å². The first-order valence-corrected chi connectivity index (χ1v) is 3.48. The normalized spacial score (nSPS) is 12.2. The Hall–Kier alpha value is -1.71. The molecule has 4 heteroatoms. The fraction of sp³-hybridized carbons (Fsp3) is 0.222. The van der Waals surface area contributed by atoms with Crippen LogP contribution in [0.4, 0.5) is 0 Å². The Bertz CT molecular complexity index is 250.